The van der Waals surface area contributed by atoms with Crippen LogP contribution in [0, 0.1) is 11.7 Å². The monoisotopic (exact) mass is 288 g/mol. The number of carbonyl (C=O) groups is 1. The third-order valence-corrected chi connectivity index (χ3v) is 3.69. The van der Waals surface area contributed by atoms with E-state index >= 15 is 0 Å². The van der Waals surface area contributed by atoms with Crippen molar-refractivity contribution >= 4 is 5.91 Å². The Morgan fingerprint density at radius 2 is 2.14 bits per heavy atom. The van der Waals surface area contributed by atoms with E-state index in [1.165, 1.54) is 12.1 Å². The fourth-order valence-electron chi connectivity index (χ4n) is 2.20. The van der Waals surface area contributed by atoms with Gasteiger partial charge in [-0.2, -0.15) is 5.10 Å². The number of nitrogens with zero attached hydrogens (tertiary/aromatic N) is 1. The molecule has 3 rings (SSSR count). The van der Waals surface area contributed by atoms with Crippen LogP contribution in [0.1, 0.15) is 23.3 Å². The van der Waals surface area contributed by atoms with Crippen molar-refractivity contribution in [3.05, 3.63) is 41.8 Å². The van der Waals surface area contributed by atoms with Gasteiger partial charge in [0, 0.05) is 18.2 Å². The summed E-state index contributed by atoms with van der Waals surface area (Å²) in [6.45, 7) is 0.467. The number of aromatic amines is 1. The lowest BCUT2D eigenvalue weighted by molar-refractivity contribution is 0.0945. The average molecular weight is 288 g/mol. The molecule has 1 aromatic heterocycles. The number of halogens is 1. The molecule has 1 aromatic carbocycles. The number of hydrogen-bond donors (Lipinski definition) is 3. The number of H-pyrrole nitrogens is 1. The third kappa shape index (κ3) is 3.28. The van der Waals surface area contributed by atoms with E-state index in [4.69, 9.17) is 5.73 Å². The summed E-state index contributed by atoms with van der Waals surface area (Å²) < 4.78 is 12.9. The molecule has 0 spiro atoms. The maximum Gasteiger partial charge on any atom is 0.269 e. The lowest BCUT2D eigenvalue weighted by atomic mass is 10.1. The smallest absolute Gasteiger partial charge is 0.269 e. The van der Waals surface area contributed by atoms with Crippen LogP contribution in [0.25, 0.3) is 11.3 Å². The molecule has 1 atom stereocenters. The van der Waals surface area contributed by atoms with Crippen LogP contribution in [0.4, 0.5) is 4.39 Å². The predicted octanol–water partition coefficient (Wildman–Crippen LogP) is 1.68. The first-order valence-corrected chi connectivity index (χ1v) is 6.98. The van der Waals surface area contributed by atoms with Gasteiger partial charge < -0.3 is 11.1 Å². The zero-order chi connectivity index (χ0) is 14.8. The summed E-state index contributed by atoms with van der Waals surface area (Å²) in [6.07, 6.45) is 2.30. The molecular formula is C15H17FN4O. The van der Waals surface area contributed by atoms with E-state index < -0.39 is 0 Å². The number of aromatic nitrogens is 2. The minimum absolute atomic E-state index is 0.0217. The lowest BCUT2D eigenvalue weighted by Gasteiger charge is -2.10. The van der Waals surface area contributed by atoms with Crippen LogP contribution < -0.4 is 11.1 Å². The lowest BCUT2D eigenvalue weighted by Crippen LogP contribution is -2.38. The SMILES string of the molecule is NC(CNC(=O)c1cc(-c2ccc(F)cc2)n[nH]1)C1CC1. The highest BCUT2D eigenvalue weighted by molar-refractivity contribution is 5.93. The molecule has 1 amide bonds. The Balaban J connectivity index is 1.63. The molecule has 1 saturated carbocycles. The third-order valence-electron chi connectivity index (χ3n) is 3.69. The first-order valence-electron chi connectivity index (χ1n) is 6.98. The van der Waals surface area contributed by atoms with Crippen molar-refractivity contribution in [2.24, 2.45) is 11.7 Å². The van der Waals surface area contributed by atoms with Gasteiger partial charge in [-0.3, -0.25) is 9.89 Å². The Morgan fingerprint density at radius 1 is 1.43 bits per heavy atom. The molecule has 5 nitrogen and oxygen atoms in total. The highest BCUT2D eigenvalue weighted by Crippen LogP contribution is 2.31. The normalized spacial score (nSPS) is 15.7. The van der Waals surface area contributed by atoms with Crippen molar-refractivity contribution in [1.82, 2.24) is 15.5 Å². The van der Waals surface area contributed by atoms with Gasteiger partial charge >= 0.3 is 0 Å². The minimum Gasteiger partial charge on any atom is -0.349 e. The molecule has 0 saturated heterocycles. The summed E-state index contributed by atoms with van der Waals surface area (Å²) in [6, 6.07) is 7.63. The van der Waals surface area contributed by atoms with E-state index in [9.17, 15) is 9.18 Å². The van der Waals surface area contributed by atoms with Crippen molar-refractivity contribution in [2.75, 3.05) is 6.54 Å². The molecule has 0 aliphatic heterocycles. The molecule has 1 aliphatic carbocycles. The first-order chi connectivity index (χ1) is 10.1. The predicted molar refractivity (Wildman–Crippen MR) is 77.0 cm³/mol. The average Bonchev–Trinajstić information content (AvgIpc) is 3.23. The Labute approximate surface area is 121 Å². The summed E-state index contributed by atoms with van der Waals surface area (Å²) in [7, 11) is 0. The van der Waals surface area contributed by atoms with Crippen LogP contribution in [0.5, 0.6) is 0 Å². The van der Waals surface area contributed by atoms with Gasteiger partial charge in [-0.25, -0.2) is 4.39 Å². The first kappa shape index (κ1) is 13.8. The van der Waals surface area contributed by atoms with E-state index in [1.807, 2.05) is 0 Å². The summed E-state index contributed by atoms with van der Waals surface area (Å²) in [4.78, 5) is 12.0. The topological polar surface area (TPSA) is 83.8 Å². The number of carbonyl (C=O) groups excluding carboxylic acids is 1. The summed E-state index contributed by atoms with van der Waals surface area (Å²) >= 11 is 0. The Kier molecular flexibility index (Phi) is 3.70. The van der Waals surface area contributed by atoms with Crippen LogP contribution in [-0.2, 0) is 0 Å². The highest BCUT2D eigenvalue weighted by atomic mass is 19.1. The van der Waals surface area contributed by atoms with Gasteiger partial charge in [0.15, 0.2) is 0 Å². The zero-order valence-corrected chi connectivity index (χ0v) is 11.5. The second kappa shape index (κ2) is 5.65. The van der Waals surface area contributed by atoms with E-state index in [-0.39, 0.29) is 17.8 Å². The van der Waals surface area contributed by atoms with E-state index in [0.29, 0.717) is 23.9 Å². The second-order valence-electron chi connectivity index (χ2n) is 5.39. The summed E-state index contributed by atoms with van der Waals surface area (Å²) in [5, 5.41) is 9.56. The Bertz CT molecular complexity index is 633. The van der Waals surface area contributed by atoms with Crippen molar-refractivity contribution in [3.8, 4) is 11.3 Å². The minimum atomic E-state index is -0.304. The second-order valence-corrected chi connectivity index (χ2v) is 5.39. The Morgan fingerprint density at radius 3 is 2.81 bits per heavy atom. The van der Waals surface area contributed by atoms with Crippen LogP contribution in [0.15, 0.2) is 30.3 Å². The van der Waals surface area contributed by atoms with Gasteiger partial charge in [0.05, 0.1) is 5.69 Å². The van der Waals surface area contributed by atoms with Crippen molar-refractivity contribution in [3.63, 3.8) is 0 Å². The number of benzene rings is 1. The fourth-order valence-corrected chi connectivity index (χ4v) is 2.20. The molecule has 1 aliphatic rings. The van der Waals surface area contributed by atoms with E-state index in [0.717, 1.165) is 18.4 Å². The van der Waals surface area contributed by atoms with Crippen molar-refractivity contribution < 1.29 is 9.18 Å². The van der Waals surface area contributed by atoms with Gasteiger partial charge in [0.1, 0.15) is 11.5 Å². The molecule has 6 heteroatoms. The molecule has 1 heterocycles. The van der Waals surface area contributed by atoms with Crippen LogP contribution >= 0.6 is 0 Å². The van der Waals surface area contributed by atoms with Crippen LogP contribution in [0.3, 0.4) is 0 Å². The van der Waals surface area contributed by atoms with Gasteiger partial charge in [-0.15, -0.1) is 0 Å². The van der Waals surface area contributed by atoms with Gasteiger partial charge in [0.2, 0.25) is 0 Å². The fraction of sp³-hybridized carbons (Fsp3) is 0.333. The van der Waals surface area contributed by atoms with Gasteiger partial charge in [0.25, 0.3) is 5.91 Å². The molecular weight excluding hydrogens is 271 g/mol. The van der Waals surface area contributed by atoms with E-state index in [1.54, 1.807) is 18.2 Å². The molecule has 2 aromatic rings. The maximum absolute atomic E-state index is 12.9. The van der Waals surface area contributed by atoms with Crippen LogP contribution in [-0.4, -0.2) is 28.7 Å². The number of hydrogen-bond acceptors (Lipinski definition) is 3. The van der Waals surface area contributed by atoms with Crippen molar-refractivity contribution in [2.45, 2.75) is 18.9 Å². The molecule has 4 N–H and O–H groups in total. The van der Waals surface area contributed by atoms with Gasteiger partial charge in [-0.05, 0) is 49.1 Å². The summed E-state index contributed by atoms with van der Waals surface area (Å²) in [5.41, 5.74) is 7.67. The van der Waals surface area contributed by atoms with E-state index in [2.05, 4.69) is 15.5 Å². The maximum atomic E-state index is 12.9. The van der Waals surface area contributed by atoms with Crippen LogP contribution in [0.2, 0.25) is 0 Å². The zero-order valence-electron chi connectivity index (χ0n) is 11.5. The molecule has 1 fully saturated rings. The van der Waals surface area contributed by atoms with Crippen molar-refractivity contribution in [1.29, 1.82) is 0 Å². The number of nitrogens with one attached hydrogen (secondary N) is 2. The molecule has 0 radical (unpaired) electrons. The molecule has 21 heavy (non-hydrogen) atoms. The Hall–Kier alpha value is -2.21. The van der Waals surface area contributed by atoms with Gasteiger partial charge in [-0.1, -0.05) is 0 Å². The molecule has 1 unspecified atom stereocenters. The largest absolute Gasteiger partial charge is 0.349 e. The number of nitrogens with two attached hydrogens (primary N) is 1. The number of rotatable bonds is 5. The summed E-state index contributed by atoms with van der Waals surface area (Å²) in [5.74, 6) is 0.00937. The standard InChI is InChI=1S/C15H17FN4O/c16-11-5-3-10(4-6-11)13-7-14(20-19-13)15(21)18-8-12(17)9-1-2-9/h3-7,9,12H,1-2,8,17H2,(H,18,21)(H,19,20). The molecule has 110 valence electrons. The molecule has 0 bridgehead atoms. The highest BCUT2D eigenvalue weighted by Gasteiger charge is 2.28. The quantitative estimate of drug-likeness (QED) is 0.782. The number of amides is 1.